The minimum absolute atomic E-state index is 0.0698. The number of hydrogen-bond donors (Lipinski definition) is 0. The van der Waals surface area contributed by atoms with E-state index in [0.717, 1.165) is 42.8 Å². The van der Waals surface area contributed by atoms with Gasteiger partial charge in [-0.3, -0.25) is 9.48 Å². The summed E-state index contributed by atoms with van der Waals surface area (Å²) in [6, 6.07) is 10.7. The number of halogens is 2. The van der Waals surface area contributed by atoms with Gasteiger partial charge in [0, 0.05) is 42.1 Å². The number of fused-ring (bicyclic) bond motifs is 3. The molecule has 0 spiro atoms. The lowest BCUT2D eigenvalue weighted by Gasteiger charge is -2.51. The maximum atomic E-state index is 14.5. The predicted molar refractivity (Wildman–Crippen MR) is 121 cm³/mol. The first kappa shape index (κ1) is 21.0. The fourth-order valence-corrected chi connectivity index (χ4v) is 6.01. The number of carbonyl (C=O) groups excluding carboxylic acids is 1. The Hall–Kier alpha value is -3.60. The van der Waals surface area contributed by atoms with Crippen molar-refractivity contribution in [3.8, 4) is 6.07 Å². The Bertz CT molecular complexity index is 1350. The molecule has 172 valence electrons. The van der Waals surface area contributed by atoms with Crippen molar-refractivity contribution < 1.29 is 13.6 Å². The lowest BCUT2D eigenvalue weighted by Crippen LogP contribution is -2.49. The van der Waals surface area contributed by atoms with Gasteiger partial charge in [0.05, 0.1) is 29.4 Å². The number of nitriles is 1. The highest BCUT2D eigenvalue weighted by Crippen LogP contribution is 2.53. The van der Waals surface area contributed by atoms with Gasteiger partial charge in [-0.25, -0.2) is 13.8 Å². The van der Waals surface area contributed by atoms with E-state index in [4.69, 9.17) is 5.26 Å². The van der Waals surface area contributed by atoms with Crippen molar-refractivity contribution in [1.82, 2.24) is 14.8 Å². The molecule has 3 aliphatic carbocycles. The van der Waals surface area contributed by atoms with Crippen LogP contribution in [0, 0.1) is 46.6 Å². The van der Waals surface area contributed by atoms with Crippen molar-refractivity contribution in [3.05, 3.63) is 65.4 Å². The third-order valence-electron chi connectivity index (χ3n) is 7.88. The molecular formula is C26H23F2N5O. The number of benzene rings is 2. The Balaban J connectivity index is 1.21. The average Bonchev–Trinajstić information content (AvgIpc) is 3.45. The zero-order chi connectivity index (χ0) is 23.4. The first-order valence-electron chi connectivity index (χ1n) is 11.7. The standard InChI is InChI=1S/C26H23F2N5O/c27-20-2-3-21(23(28)11-20)25-5-6-30-33(25)26(34)22-10-19(16-8-17(22)9-16)14-32-24-4-1-15(12-29)7-18(24)13-31-32/h1-4,6-7,11,13,16-17,19,22,25H,5,8-10,14H2/t16?,17?,19?,22-,25?/m0/s1. The molecule has 6 nitrogen and oxygen atoms in total. The molecule has 2 unspecified atom stereocenters. The molecule has 0 saturated heterocycles. The minimum Gasteiger partial charge on any atom is -0.273 e. The molecule has 3 atom stereocenters. The molecule has 8 heteroatoms. The zero-order valence-electron chi connectivity index (χ0n) is 18.4. The molecule has 7 rings (SSSR count). The van der Waals surface area contributed by atoms with Gasteiger partial charge < -0.3 is 0 Å². The predicted octanol–water partition coefficient (Wildman–Crippen LogP) is 4.81. The third kappa shape index (κ3) is 3.38. The van der Waals surface area contributed by atoms with Crippen molar-refractivity contribution in [2.75, 3.05) is 0 Å². The second-order valence-corrected chi connectivity index (χ2v) is 9.70. The fourth-order valence-electron chi connectivity index (χ4n) is 6.01. The summed E-state index contributed by atoms with van der Waals surface area (Å²) in [7, 11) is 0. The van der Waals surface area contributed by atoms with Crippen LogP contribution >= 0.6 is 0 Å². The highest BCUT2D eigenvalue weighted by Gasteiger charge is 2.50. The van der Waals surface area contributed by atoms with E-state index in [9.17, 15) is 13.6 Å². The highest BCUT2D eigenvalue weighted by atomic mass is 19.1. The van der Waals surface area contributed by atoms with Crippen LogP contribution in [0.15, 0.2) is 47.7 Å². The van der Waals surface area contributed by atoms with Crippen LogP contribution in [0.1, 0.15) is 42.9 Å². The van der Waals surface area contributed by atoms with Crippen LogP contribution in [-0.2, 0) is 11.3 Å². The molecule has 0 N–H and O–H groups in total. The summed E-state index contributed by atoms with van der Waals surface area (Å²) in [5.41, 5.74) is 1.89. The van der Waals surface area contributed by atoms with Crippen LogP contribution in [0.5, 0.6) is 0 Å². The van der Waals surface area contributed by atoms with Gasteiger partial charge in [-0.1, -0.05) is 6.07 Å². The Morgan fingerprint density at radius 2 is 1.97 bits per heavy atom. The van der Waals surface area contributed by atoms with Crippen LogP contribution < -0.4 is 0 Å². The van der Waals surface area contributed by atoms with E-state index in [1.165, 1.54) is 17.1 Å². The van der Waals surface area contributed by atoms with Gasteiger partial charge in [-0.2, -0.15) is 15.5 Å². The molecule has 4 aliphatic rings. The molecule has 1 aromatic heterocycles. The summed E-state index contributed by atoms with van der Waals surface area (Å²) in [6.07, 6.45) is 6.60. The first-order valence-corrected chi connectivity index (χ1v) is 11.7. The van der Waals surface area contributed by atoms with E-state index in [1.807, 2.05) is 16.8 Å². The van der Waals surface area contributed by atoms with Gasteiger partial charge in [-0.05, 0) is 61.3 Å². The van der Waals surface area contributed by atoms with Crippen LogP contribution in [0.3, 0.4) is 0 Å². The van der Waals surface area contributed by atoms with Crippen LogP contribution in [0.25, 0.3) is 10.9 Å². The Morgan fingerprint density at radius 3 is 2.76 bits per heavy atom. The highest BCUT2D eigenvalue weighted by molar-refractivity contribution is 5.83. The molecule has 1 aliphatic heterocycles. The largest absolute Gasteiger partial charge is 0.273 e. The topological polar surface area (TPSA) is 74.3 Å². The van der Waals surface area contributed by atoms with E-state index in [0.29, 0.717) is 35.3 Å². The van der Waals surface area contributed by atoms with Gasteiger partial charge in [0.2, 0.25) is 5.91 Å². The second-order valence-electron chi connectivity index (χ2n) is 9.70. The minimum atomic E-state index is -0.649. The first-order chi connectivity index (χ1) is 16.5. The maximum absolute atomic E-state index is 14.5. The summed E-state index contributed by atoms with van der Waals surface area (Å²) in [4.78, 5) is 13.6. The van der Waals surface area contributed by atoms with E-state index < -0.39 is 17.7 Å². The monoisotopic (exact) mass is 459 g/mol. The smallest absolute Gasteiger partial charge is 0.246 e. The summed E-state index contributed by atoms with van der Waals surface area (Å²) in [5.74, 6) is -0.310. The van der Waals surface area contributed by atoms with Crippen molar-refractivity contribution in [2.24, 2.45) is 28.8 Å². The Labute approximate surface area is 195 Å². The molecule has 34 heavy (non-hydrogen) atoms. The number of rotatable bonds is 4. The van der Waals surface area contributed by atoms with E-state index >= 15 is 0 Å². The number of carbonyl (C=O) groups is 1. The van der Waals surface area contributed by atoms with Gasteiger partial charge in [-0.15, -0.1) is 0 Å². The maximum Gasteiger partial charge on any atom is 0.246 e. The quantitative estimate of drug-likeness (QED) is 0.562. The normalized spacial score (nSPS) is 27.6. The van der Waals surface area contributed by atoms with Crippen molar-refractivity contribution >= 4 is 23.0 Å². The summed E-state index contributed by atoms with van der Waals surface area (Å²) in [5, 5.41) is 20.3. The average molecular weight is 460 g/mol. The molecule has 2 bridgehead atoms. The summed E-state index contributed by atoms with van der Waals surface area (Å²) in [6.45, 7) is 0.718. The van der Waals surface area contributed by atoms with Crippen LogP contribution in [0.2, 0.25) is 0 Å². The third-order valence-corrected chi connectivity index (χ3v) is 7.88. The number of hydrazone groups is 1. The lowest BCUT2D eigenvalue weighted by molar-refractivity contribution is -0.147. The Kier molecular flexibility index (Phi) is 4.94. The Morgan fingerprint density at radius 1 is 1.12 bits per heavy atom. The molecule has 3 fully saturated rings. The van der Waals surface area contributed by atoms with E-state index in [-0.39, 0.29) is 11.8 Å². The summed E-state index contributed by atoms with van der Waals surface area (Å²) < 4.78 is 29.8. The molecule has 3 aromatic rings. The molecular weight excluding hydrogens is 436 g/mol. The zero-order valence-corrected chi connectivity index (χ0v) is 18.4. The second kappa shape index (κ2) is 8.01. The molecule has 0 radical (unpaired) electrons. The summed E-state index contributed by atoms with van der Waals surface area (Å²) >= 11 is 0. The van der Waals surface area contributed by atoms with Gasteiger partial charge >= 0.3 is 0 Å². The number of amides is 1. The van der Waals surface area contributed by atoms with Crippen LogP contribution in [0.4, 0.5) is 8.78 Å². The van der Waals surface area contributed by atoms with Crippen LogP contribution in [-0.4, -0.2) is 26.9 Å². The number of nitrogens with zero attached hydrogens (tertiary/aromatic N) is 5. The van der Waals surface area contributed by atoms with Crippen molar-refractivity contribution in [2.45, 2.75) is 38.3 Å². The molecule has 3 saturated carbocycles. The fraction of sp³-hybridized carbons (Fsp3) is 0.385. The lowest BCUT2D eigenvalue weighted by atomic mass is 9.55. The van der Waals surface area contributed by atoms with Gasteiger partial charge in [0.25, 0.3) is 0 Å². The van der Waals surface area contributed by atoms with Gasteiger partial charge in [0.1, 0.15) is 11.6 Å². The van der Waals surface area contributed by atoms with E-state index in [1.54, 1.807) is 18.5 Å². The van der Waals surface area contributed by atoms with Crippen molar-refractivity contribution in [3.63, 3.8) is 0 Å². The van der Waals surface area contributed by atoms with E-state index in [2.05, 4.69) is 16.3 Å². The number of aromatic nitrogens is 2. The molecule has 2 aromatic carbocycles. The molecule has 2 heterocycles. The number of hydrogen-bond acceptors (Lipinski definition) is 4. The van der Waals surface area contributed by atoms with Gasteiger partial charge in [0.15, 0.2) is 0 Å². The SMILES string of the molecule is N#Cc1ccc2c(cnn2CC2C[C@H](C(=O)N3N=CCC3c3ccc(F)cc3F)C3CC2C3)c1. The van der Waals surface area contributed by atoms with Crippen molar-refractivity contribution in [1.29, 1.82) is 5.26 Å². The molecule has 1 amide bonds.